The van der Waals surface area contributed by atoms with Crippen LogP contribution in [0.15, 0.2) is 60.7 Å². The molecule has 20 heavy (non-hydrogen) atoms. The molecule has 1 heterocycles. The van der Waals surface area contributed by atoms with E-state index in [2.05, 4.69) is 0 Å². The summed E-state index contributed by atoms with van der Waals surface area (Å²) in [4.78, 5) is 11.9. The first-order chi connectivity index (χ1) is 9.72. The highest BCUT2D eigenvalue weighted by Gasteiger charge is 2.23. The van der Waals surface area contributed by atoms with E-state index < -0.39 is 0 Å². The van der Waals surface area contributed by atoms with E-state index >= 15 is 0 Å². The highest BCUT2D eigenvalue weighted by molar-refractivity contribution is 5.97. The lowest BCUT2D eigenvalue weighted by Gasteiger charge is -2.24. The molecule has 0 N–H and O–H groups in total. The van der Waals surface area contributed by atoms with E-state index in [-0.39, 0.29) is 11.9 Å². The molecule has 2 aromatic rings. The highest BCUT2D eigenvalue weighted by atomic mass is 16.5. The van der Waals surface area contributed by atoms with E-state index in [1.165, 1.54) is 5.56 Å². The van der Waals surface area contributed by atoms with E-state index in [0.29, 0.717) is 12.2 Å². The number of ether oxygens (including phenoxy) is 1. The maximum absolute atomic E-state index is 11.9. The standard InChI is InChI=1S/C18H16O2/c1-13-7-9-15(10-8-13)18-12-16(19)11-17(20-18)14-5-3-2-4-6-14/h2-10,12,17H,11H2,1H3. The molecule has 0 spiro atoms. The normalized spacial score (nSPS) is 18.4. The Bertz CT molecular complexity index is 639. The summed E-state index contributed by atoms with van der Waals surface area (Å²) in [5.41, 5.74) is 3.18. The van der Waals surface area contributed by atoms with Gasteiger partial charge in [0.2, 0.25) is 0 Å². The van der Waals surface area contributed by atoms with Crippen LogP contribution in [0.3, 0.4) is 0 Å². The van der Waals surface area contributed by atoms with Gasteiger partial charge < -0.3 is 4.74 Å². The van der Waals surface area contributed by atoms with Crippen molar-refractivity contribution in [3.63, 3.8) is 0 Å². The van der Waals surface area contributed by atoms with Gasteiger partial charge in [-0.25, -0.2) is 0 Å². The van der Waals surface area contributed by atoms with Crippen LogP contribution in [0.5, 0.6) is 0 Å². The van der Waals surface area contributed by atoms with Crippen LogP contribution in [0.25, 0.3) is 5.76 Å². The molecule has 2 aromatic carbocycles. The van der Waals surface area contributed by atoms with Crippen LogP contribution in [-0.4, -0.2) is 5.78 Å². The number of rotatable bonds is 2. The third-order valence-corrected chi connectivity index (χ3v) is 3.46. The number of carbonyl (C=O) groups is 1. The smallest absolute Gasteiger partial charge is 0.163 e. The van der Waals surface area contributed by atoms with Crippen LogP contribution in [0.1, 0.15) is 29.2 Å². The first-order valence-electron chi connectivity index (χ1n) is 6.75. The minimum atomic E-state index is -0.190. The fraction of sp³-hybridized carbons (Fsp3) is 0.167. The van der Waals surface area contributed by atoms with Gasteiger partial charge in [0.1, 0.15) is 11.9 Å². The van der Waals surface area contributed by atoms with Crippen LogP contribution in [0, 0.1) is 6.92 Å². The molecule has 2 heteroatoms. The molecule has 0 radical (unpaired) electrons. The molecule has 0 saturated carbocycles. The van der Waals surface area contributed by atoms with Gasteiger partial charge in [0.05, 0.1) is 6.42 Å². The number of hydrogen-bond acceptors (Lipinski definition) is 2. The largest absolute Gasteiger partial charge is 0.485 e. The molecule has 1 aliphatic heterocycles. The highest BCUT2D eigenvalue weighted by Crippen LogP contribution is 2.32. The Balaban J connectivity index is 1.89. The Kier molecular flexibility index (Phi) is 3.38. The molecule has 1 unspecified atom stereocenters. The quantitative estimate of drug-likeness (QED) is 0.817. The second-order valence-electron chi connectivity index (χ2n) is 5.06. The molecule has 0 amide bonds. The number of benzene rings is 2. The molecule has 0 bridgehead atoms. The van der Waals surface area contributed by atoms with Gasteiger partial charge in [0.15, 0.2) is 5.78 Å². The average molecular weight is 264 g/mol. The van der Waals surface area contributed by atoms with Gasteiger partial charge >= 0.3 is 0 Å². The second kappa shape index (κ2) is 5.33. The Morgan fingerprint density at radius 2 is 1.70 bits per heavy atom. The molecular formula is C18H16O2. The van der Waals surface area contributed by atoms with Gasteiger partial charge in [-0.05, 0) is 12.5 Å². The molecule has 100 valence electrons. The first kappa shape index (κ1) is 12.7. The lowest BCUT2D eigenvalue weighted by molar-refractivity contribution is -0.117. The number of aryl methyl sites for hydroxylation is 1. The zero-order valence-corrected chi connectivity index (χ0v) is 11.4. The van der Waals surface area contributed by atoms with E-state index in [1.54, 1.807) is 6.08 Å². The van der Waals surface area contributed by atoms with Gasteiger partial charge in [-0.1, -0.05) is 60.2 Å². The summed E-state index contributed by atoms with van der Waals surface area (Å²) in [6, 6.07) is 17.9. The monoisotopic (exact) mass is 264 g/mol. The maximum atomic E-state index is 11.9. The molecule has 0 saturated heterocycles. The van der Waals surface area contributed by atoms with Crippen molar-refractivity contribution in [1.29, 1.82) is 0 Å². The molecule has 3 rings (SSSR count). The van der Waals surface area contributed by atoms with Crippen molar-refractivity contribution in [1.82, 2.24) is 0 Å². The summed E-state index contributed by atoms with van der Waals surface area (Å²) in [5.74, 6) is 0.774. The van der Waals surface area contributed by atoms with E-state index in [9.17, 15) is 4.79 Å². The van der Waals surface area contributed by atoms with Crippen LogP contribution in [0.2, 0.25) is 0 Å². The average Bonchev–Trinajstić information content (AvgIpc) is 2.48. The van der Waals surface area contributed by atoms with E-state index in [0.717, 1.165) is 11.1 Å². The number of hydrogen-bond donors (Lipinski definition) is 0. The van der Waals surface area contributed by atoms with Crippen molar-refractivity contribution in [3.05, 3.63) is 77.4 Å². The molecule has 1 atom stereocenters. The van der Waals surface area contributed by atoms with Crippen LogP contribution in [-0.2, 0) is 9.53 Å². The van der Waals surface area contributed by atoms with Gasteiger partial charge in [-0.15, -0.1) is 0 Å². The Morgan fingerprint density at radius 3 is 2.40 bits per heavy atom. The number of carbonyl (C=O) groups excluding carboxylic acids is 1. The van der Waals surface area contributed by atoms with Gasteiger partial charge in [-0.3, -0.25) is 4.79 Å². The zero-order chi connectivity index (χ0) is 13.9. The first-order valence-corrected chi connectivity index (χ1v) is 6.75. The van der Waals surface area contributed by atoms with Gasteiger partial charge in [-0.2, -0.15) is 0 Å². The maximum Gasteiger partial charge on any atom is 0.163 e. The fourth-order valence-electron chi connectivity index (χ4n) is 2.34. The lowest BCUT2D eigenvalue weighted by Crippen LogP contribution is -2.14. The molecule has 1 aliphatic rings. The number of ketones is 1. The van der Waals surface area contributed by atoms with Crippen LogP contribution < -0.4 is 0 Å². The van der Waals surface area contributed by atoms with Crippen molar-refractivity contribution in [2.45, 2.75) is 19.4 Å². The predicted octanol–water partition coefficient (Wildman–Crippen LogP) is 4.07. The van der Waals surface area contributed by atoms with E-state index in [4.69, 9.17) is 4.74 Å². The summed E-state index contributed by atoms with van der Waals surface area (Å²) in [5, 5.41) is 0. The molecular weight excluding hydrogens is 248 g/mol. The summed E-state index contributed by atoms with van der Waals surface area (Å²) in [6.07, 6.45) is 1.81. The van der Waals surface area contributed by atoms with Crippen LogP contribution in [0.4, 0.5) is 0 Å². The Hall–Kier alpha value is -2.35. The minimum absolute atomic E-state index is 0.112. The summed E-state index contributed by atoms with van der Waals surface area (Å²) >= 11 is 0. The minimum Gasteiger partial charge on any atom is -0.485 e. The Labute approximate surface area is 118 Å². The molecule has 0 aromatic heterocycles. The number of allylic oxidation sites excluding steroid dienone is 1. The summed E-state index contributed by atoms with van der Waals surface area (Å²) < 4.78 is 6.01. The van der Waals surface area contributed by atoms with Gasteiger partial charge in [0.25, 0.3) is 0 Å². The predicted molar refractivity (Wildman–Crippen MR) is 79.0 cm³/mol. The Morgan fingerprint density at radius 1 is 1.00 bits per heavy atom. The second-order valence-corrected chi connectivity index (χ2v) is 5.06. The summed E-state index contributed by atoms with van der Waals surface area (Å²) in [6.45, 7) is 2.04. The van der Waals surface area contributed by atoms with E-state index in [1.807, 2.05) is 61.5 Å². The SMILES string of the molecule is Cc1ccc(C2=CC(=O)CC(c3ccccc3)O2)cc1. The van der Waals surface area contributed by atoms with Crippen molar-refractivity contribution in [2.75, 3.05) is 0 Å². The molecule has 0 aliphatic carbocycles. The molecule has 0 fully saturated rings. The van der Waals surface area contributed by atoms with Gasteiger partial charge in [0, 0.05) is 11.6 Å². The zero-order valence-electron chi connectivity index (χ0n) is 11.4. The van der Waals surface area contributed by atoms with Crippen molar-refractivity contribution in [2.24, 2.45) is 0 Å². The van der Waals surface area contributed by atoms with Crippen molar-refractivity contribution < 1.29 is 9.53 Å². The fourth-order valence-corrected chi connectivity index (χ4v) is 2.34. The lowest BCUT2D eigenvalue weighted by atomic mass is 9.99. The van der Waals surface area contributed by atoms with Crippen molar-refractivity contribution in [3.8, 4) is 0 Å². The molecule has 2 nitrogen and oxygen atoms in total. The van der Waals surface area contributed by atoms with Crippen molar-refractivity contribution >= 4 is 11.5 Å². The van der Waals surface area contributed by atoms with Crippen LogP contribution >= 0.6 is 0 Å². The third kappa shape index (κ3) is 2.64. The third-order valence-electron chi connectivity index (χ3n) is 3.46. The topological polar surface area (TPSA) is 26.3 Å². The summed E-state index contributed by atoms with van der Waals surface area (Å²) in [7, 11) is 0.